The predicted octanol–water partition coefficient (Wildman–Crippen LogP) is 1.60. The molecule has 0 unspecified atom stereocenters. The van der Waals surface area contributed by atoms with Crippen molar-refractivity contribution < 1.29 is 9.53 Å². The van der Waals surface area contributed by atoms with Crippen molar-refractivity contribution in [3.63, 3.8) is 0 Å². The van der Waals surface area contributed by atoms with E-state index in [0.29, 0.717) is 5.76 Å². The molecular weight excluding hydrogens is 142 g/mol. The Kier molecular flexibility index (Phi) is 4.56. The van der Waals surface area contributed by atoms with Gasteiger partial charge in [-0.25, -0.2) is 4.79 Å². The van der Waals surface area contributed by atoms with E-state index in [-0.39, 0.29) is 0 Å². The van der Waals surface area contributed by atoms with E-state index in [1.165, 1.54) is 19.2 Å². The molecular formula is C8H11NO2. The van der Waals surface area contributed by atoms with Gasteiger partial charge in [0.25, 0.3) is 0 Å². The summed E-state index contributed by atoms with van der Waals surface area (Å²) >= 11 is 0. The van der Waals surface area contributed by atoms with Crippen molar-refractivity contribution in [1.82, 2.24) is 5.32 Å². The number of rotatable bonds is 3. The molecule has 0 aliphatic heterocycles. The van der Waals surface area contributed by atoms with Crippen molar-refractivity contribution in [3.05, 3.63) is 37.1 Å². The van der Waals surface area contributed by atoms with Gasteiger partial charge in [-0.1, -0.05) is 19.2 Å². The van der Waals surface area contributed by atoms with Gasteiger partial charge in [-0.2, -0.15) is 0 Å². The maximum Gasteiger partial charge on any atom is 0.412 e. The molecule has 0 radical (unpaired) electrons. The molecule has 0 saturated carbocycles. The first-order chi connectivity index (χ1) is 5.24. The summed E-state index contributed by atoms with van der Waals surface area (Å²) in [5.74, 6) is 0.374. The van der Waals surface area contributed by atoms with Crippen LogP contribution in [0.4, 0.5) is 4.79 Å². The summed E-state index contributed by atoms with van der Waals surface area (Å²) in [7, 11) is 1.48. The number of hydrogen-bond donors (Lipinski definition) is 1. The van der Waals surface area contributed by atoms with E-state index in [1.54, 1.807) is 6.08 Å². The first-order valence-electron chi connectivity index (χ1n) is 3.09. The predicted molar refractivity (Wildman–Crippen MR) is 44.0 cm³/mol. The molecule has 0 saturated heterocycles. The molecule has 0 spiro atoms. The summed E-state index contributed by atoms with van der Waals surface area (Å²) in [6.45, 7) is 6.89. The lowest BCUT2D eigenvalue weighted by molar-refractivity contribution is 0.181. The zero-order valence-corrected chi connectivity index (χ0v) is 6.46. The van der Waals surface area contributed by atoms with Gasteiger partial charge in [0.15, 0.2) is 0 Å². The Bertz CT molecular complexity index is 194. The van der Waals surface area contributed by atoms with E-state index < -0.39 is 6.09 Å². The van der Waals surface area contributed by atoms with Crippen LogP contribution in [0, 0.1) is 0 Å². The van der Waals surface area contributed by atoms with Crippen molar-refractivity contribution in [3.8, 4) is 0 Å². The summed E-state index contributed by atoms with van der Waals surface area (Å²) in [4.78, 5) is 10.6. The Morgan fingerprint density at radius 2 is 2.18 bits per heavy atom. The SMILES string of the molecule is C=C/C=C(\C=C)OC(=O)NC. The Morgan fingerprint density at radius 1 is 1.55 bits per heavy atom. The molecule has 0 atom stereocenters. The van der Waals surface area contributed by atoms with E-state index in [4.69, 9.17) is 4.74 Å². The Morgan fingerprint density at radius 3 is 2.55 bits per heavy atom. The quantitative estimate of drug-likeness (QED) is 0.494. The lowest BCUT2D eigenvalue weighted by atomic mass is 10.4. The lowest BCUT2D eigenvalue weighted by Crippen LogP contribution is -2.18. The fourth-order valence-corrected chi connectivity index (χ4v) is 0.418. The third-order valence-corrected chi connectivity index (χ3v) is 0.898. The van der Waals surface area contributed by atoms with Crippen molar-refractivity contribution >= 4 is 6.09 Å². The standard InChI is InChI=1S/C8H11NO2/c1-4-6-7(5-2)11-8(10)9-3/h4-6H,1-2H2,3H3,(H,9,10)/b7-6+. The van der Waals surface area contributed by atoms with Gasteiger partial charge < -0.3 is 10.1 Å². The molecule has 0 aliphatic rings. The highest BCUT2D eigenvalue weighted by atomic mass is 16.6. The minimum Gasteiger partial charge on any atom is -0.410 e. The number of alkyl carbamates (subject to hydrolysis) is 1. The van der Waals surface area contributed by atoms with Crippen LogP contribution >= 0.6 is 0 Å². The lowest BCUT2D eigenvalue weighted by Gasteiger charge is -2.01. The highest BCUT2D eigenvalue weighted by Crippen LogP contribution is 1.98. The molecule has 0 aromatic carbocycles. The smallest absolute Gasteiger partial charge is 0.410 e. The van der Waals surface area contributed by atoms with E-state index in [1.807, 2.05) is 0 Å². The Labute approximate surface area is 66.0 Å². The second kappa shape index (κ2) is 5.29. The minimum atomic E-state index is -0.516. The highest BCUT2D eigenvalue weighted by molar-refractivity contribution is 5.68. The first kappa shape index (κ1) is 9.49. The molecule has 0 aromatic heterocycles. The monoisotopic (exact) mass is 153 g/mol. The van der Waals surface area contributed by atoms with Gasteiger partial charge in [0.1, 0.15) is 5.76 Å². The van der Waals surface area contributed by atoms with Crippen molar-refractivity contribution in [2.45, 2.75) is 0 Å². The van der Waals surface area contributed by atoms with Gasteiger partial charge >= 0.3 is 6.09 Å². The van der Waals surface area contributed by atoms with Gasteiger partial charge in [-0.15, -0.1) is 0 Å². The molecule has 1 amide bonds. The zero-order chi connectivity index (χ0) is 8.69. The summed E-state index contributed by atoms with van der Waals surface area (Å²) in [5.41, 5.74) is 0. The van der Waals surface area contributed by atoms with Gasteiger partial charge in [0.05, 0.1) is 0 Å². The summed E-state index contributed by atoms with van der Waals surface area (Å²) in [6.07, 6.45) is 3.97. The highest BCUT2D eigenvalue weighted by Gasteiger charge is 1.98. The number of allylic oxidation sites excluding steroid dienone is 3. The third-order valence-electron chi connectivity index (χ3n) is 0.898. The van der Waals surface area contributed by atoms with Crippen molar-refractivity contribution in [1.29, 1.82) is 0 Å². The van der Waals surface area contributed by atoms with Crippen LogP contribution in [0.3, 0.4) is 0 Å². The van der Waals surface area contributed by atoms with E-state index in [9.17, 15) is 4.79 Å². The van der Waals surface area contributed by atoms with E-state index in [2.05, 4.69) is 18.5 Å². The number of carbonyl (C=O) groups excluding carboxylic acids is 1. The molecule has 3 nitrogen and oxygen atoms in total. The number of carbonyl (C=O) groups is 1. The van der Waals surface area contributed by atoms with Gasteiger partial charge in [-0.05, 0) is 12.2 Å². The molecule has 0 heterocycles. The fourth-order valence-electron chi connectivity index (χ4n) is 0.418. The molecule has 11 heavy (non-hydrogen) atoms. The van der Waals surface area contributed by atoms with Gasteiger partial charge in [0.2, 0.25) is 0 Å². The number of nitrogens with one attached hydrogen (secondary N) is 1. The minimum absolute atomic E-state index is 0.374. The van der Waals surface area contributed by atoms with Crippen LogP contribution in [-0.2, 0) is 4.74 Å². The largest absolute Gasteiger partial charge is 0.412 e. The Balaban J connectivity index is 4.08. The maximum atomic E-state index is 10.6. The number of amides is 1. The normalized spacial score (nSPS) is 10.1. The molecule has 0 bridgehead atoms. The van der Waals surface area contributed by atoms with Crippen LogP contribution in [0.25, 0.3) is 0 Å². The van der Waals surface area contributed by atoms with Crippen molar-refractivity contribution in [2.24, 2.45) is 0 Å². The topological polar surface area (TPSA) is 38.3 Å². The van der Waals surface area contributed by atoms with Gasteiger partial charge in [-0.3, -0.25) is 0 Å². The van der Waals surface area contributed by atoms with Crippen LogP contribution in [0.1, 0.15) is 0 Å². The van der Waals surface area contributed by atoms with Crippen LogP contribution < -0.4 is 5.32 Å². The molecule has 60 valence electrons. The zero-order valence-electron chi connectivity index (χ0n) is 6.46. The van der Waals surface area contributed by atoms with E-state index in [0.717, 1.165) is 0 Å². The second-order valence-electron chi connectivity index (χ2n) is 1.65. The summed E-state index contributed by atoms with van der Waals surface area (Å²) in [5, 5.41) is 2.30. The number of hydrogen-bond acceptors (Lipinski definition) is 2. The first-order valence-corrected chi connectivity index (χ1v) is 3.09. The third kappa shape index (κ3) is 3.97. The van der Waals surface area contributed by atoms with Crippen molar-refractivity contribution in [2.75, 3.05) is 7.05 Å². The molecule has 0 rings (SSSR count). The maximum absolute atomic E-state index is 10.6. The summed E-state index contributed by atoms with van der Waals surface area (Å²) < 4.78 is 4.71. The molecule has 0 aromatic rings. The summed E-state index contributed by atoms with van der Waals surface area (Å²) in [6, 6.07) is 0. The van der Waals surface area contributed by atoms with Crippen LogP contribution in [-0.4, -0.2) is 13.1 Å². The van der Waals surface area contributed by atoms with Crippen LogP contribution in [0.15, 0.2) is 37.1 Å². The van der Waals surface area contributed by atoms with Crippen LogP contribution in [0.5, 0.6) is 0 Å². The average molecular weight is 153 g/mol. The second-order valence-corrected chi connectivity index (χ2v) is 1.65. The molecule has 3 heteroatoms. The Hall–Kier alpha value is -1.51. The van der Waals surface area contributed by atoms with Crippen LogP contribution in [0.2, 0.25) is 0 Å². The fraction of sp³-hybridized carbons (Fsp3) is 0.125. The average Bonchev–Trinajstić information content (AvgIpc) is 2.03. The molecule has 1 N–H and O–H groups in total. The molecule has 0 fully saturated rings. The molecule has 0 aliphatic carbocycles. The number of ether oxygens (including phenoxy) is 1. The van der Waals surface area contributed by atoms with E-state index >= 15 is 0 Å². The van der Waals surface area contributed by atoms with Gasteiger partial charge in [0, 0.05) is 7.05 Å².